The number of sulfonamides is 1. The number of fused-ring (bicyclic) bond motifs is 1. The predicted molar refractivity (Wildman–Crippen MR) is 129 cm³/mol. The molecule has 1 N–H and O–H groups in total. The van der Waals surface area contributed by atoms with Gasteiger partial charge < -0.3 is 10.1 Å². The second kappa shape index (κ2) is 9.37. The highest BCUT2D eigenvalue weighted by atomic mass is 32.2. The van der Waals surface area contributed by atoms with E-state index in [9.17, 15) is 13.2 Å². The van der Waals surface area contributed by atoms with Crippen LogP contribution in [0.3, 0.4) is 0 Å². The molecule has 0 bridgehead atoms. The first-order valence-corrected chi connectivity index (χ1v) is 12.4. The summed E-state index contributed by atoms with van der Waals surface area (Å²) in [6.45, 7) is 4.35. The van der Waals surface area contributed by atoms with Gasteiger partial charge in [0.15, 0.2) is 0 Å². The van der Waals surface area contributed by atoms with Crippen molar-refractivity contribution >= 4 is 21.6 Å². The third-order valence-electron chi connectivity index (χ3n) is 6.02. The topological polar surface area (TPSA) is 75.7 Å². The summed E-state index contributed by atoms with van der Waals surface area (Å²) in [5, 5.41) is 2.92. The Morgan fingerprint density at radius 3 is 2.21 bits per heavy atom. The molecule has 4 rings (SSSR count). The molecule has 1 heterocycles. The zero-order valence-corrected chi connectivity index (χ0v) is 19.8. The molecule has 0 saturated heterocycles. The SMILES string of the molecule is COc1ccc(S(=O)(=O)N2Cc3ccccc3C[C@H]2C(=O)Nc2ccc(C(C)C)cc2)cc1. The first-order chi connectivity index (χ1) is 15.8. The van der Waals surface area contributed by atoms with E-state index >= 15 is 0 Å². The Morgan fingerprint density at radius 2 is 1.61 bits per heavy atom. The van der Waals surface area contributed by atoms with Crippen LogP contribution in [-0.2, 0) is 27.8 Å². The third-order valence-corrected chi connectivity index (χ3v) is 7.89. The van der Waals surface area contributed by atoms with Crippen molar-refractivity contribution in [3.63, 3.8) is 0 Å². The van der Waals surface area contributed by atoms with Gasteiger partial charge in [-0.15, -0.1) is 0 Å². The lowest BCUT2D eigenvalue weighted by atomic mass is 9.95. The first-order valence-electron chi connectivity index (χ1n) is 10.9. The van der Waals surface area contributed by atoms with Crippen molar-refractivity contribution in [3.8, 4) is 5.75 Å². The Bertz CT molecular complexity index is 1240. The van der Waals surface area contributed by atoms with E-state index in [2.05, 4.69) is 19.2 Å². The summed E-state index contributed by atoms with van der Waals surface area (Å²) in [6.07, 6.45) is 0.307. The van der Waals surface area contributed by atoms with Crippen LogP contribution in [0.5, 0.6) is 5.75 Å². The summed E-state index contributed by atoms with van der Waals surface area (Å²) < 4.78 is 33.6. The third kappa shape index (κ3) is 4.79. The summed E-state index contributed by atoms with van der Waals surface area (Å²) in [5.74, 6) is 0.602. The molecular formula is C26H28N2O4S. The van der Waals surface area contributed by atoms with Crippen LogP contribution in [0.4, 0.5) is 5.69 Å². The van der Waals surface area contributed by atoms with Crippen molar-refractivity contribution in [2.24, 2.45) is 0 Å². The maximum atomic E-state index is 13.6. The van der Waals surface area contributed by atoms with Crippen LogP contribution in [0.15, 0.2) is 77.7 Å². The van der Waals surface area contributed by atoms with Crippen LogP contribution < -0.4 is 10.1 Å². The molecule has 0 saturated carbocycles. The van der Waals surface area contributed by atoms with E-state index in [1.54, 1.807) is 12.1 Å². The van der Waals surface area contributed by atoms with E-state index in [1.807, 2.05) is 48.5 Å². The van der Waals surface area contributed by atoms with Crippen molar-refractivity contribution < 1.29 is 17.9 Å². The smallest absolute Gasteiger partial charge is 0.244 e. The van der Waals surface area contributed by atoms with E-state index in [0.717, 1.165) is 11.1 Å². The second-order valence-corrected chi connectivity index (χ2v) is 10.4. The summed E-state index contributed by atoms with van der Waals surface area (Å²) in [7, 11) is -2.39. The number of nitrogens with one attached hydrogen (secondary N) is 1. The minimum absolute atomic E-state index is 0.127. The standard InChI is InChI=1S/C26H28N2O4S/c1-18(2)19-8-10-22(11-9-19)27-26(29)25-16-20-6-4-5-7-21(20)17-28(25)33(30,31)24-14-12-23(32-3)13-15-24/h4-15,18,25H,16-17H2,1-3H3,(H,27,29)/t25-/m0/s1. The van der Waals surface area contributed by atoms with Crippen LogP contribution in [0, 0.1) is 0 Å². The Morgan fingerprint density at radius 1 is 0.970 bits per heavy atom. The molecule has 1 amide bonds. The molecule has 0 aliphatic carbocycles. The van der Waals surface area contributed by atoms with Gasteiger partial charge in [-0.2, -0.15) is 4.31 Å². The van der Waals surface area contributed by atoms with E-state index in [0.29, 0.717) is 23.8 Å². The van der Waals surface area contributed by atoms with Crippen LogP contribution in [0.2, 0.25) is 0 Å². The van der Waals surface area contributed by atoms with Gasteiger partial charge in [0.2, 0.25) is 15.9 Å². The van der Waals surface area contributed by atoms with Gasteiger partial charge in [-0.05, 0) is 65.4 Å². The summed E-state index contributed by atoms with van der Waals surface area (Å²) >= 11 is 0. The van der Waals surface area contributed by atoms with Crippen molar-refractivity contribution in [3.05, 3.63) is 89.5 Å². The molecule has 1 aliphatic rings. The number of ether oxygens (including phenoxy) is 1. The number of nitrogens with zero attached hydrogens (tertiary/aromatic N) is 1. The van der Waals surface area contributed by atoms with Gasteiger partial charge in [0.25, 0.3) is 0 Å². The van der Waals surface area contributed by atoms with Gasteiger partial charge in [0.05, 0.1) is 12.0 Å². The summed E-state index contributed by atoms with van der Waals surface area (Å²) in [4.78, 5) is 13.5. The van der Waals surface area contributed by atoms with E-state index in [4.69, 9.17) is 4.74 Å². The molecular weight excluding hydrogens is 436 g/mol. The maximum Gasteiger partial charge on any atom is 0.244 e. The number of benzene rings is 3. The van der Waals surface area contributed by atoms with E-state index in [-0.39, 0.29) is 17.3 Å². The van der Waals surface area contributed by atoms with Gasteiger partial charge in [-0.1, -0.05) is 50.2 Å². The Kier molecular flexibility index (Phi) is 6.54. The molecule has 1 atom stereocenters. The highest BCUT2D eigenvalue weighted by molar-refractivity contribution is 7.89. The molecule has 0 aromatic heterocycles. The van der Waals surface area contributed by atoms with Crippen molar-refractivity contribution in [2.45, 2.75) is 43.7 Å². The zero-order valence-electron chi connectivity index (χ0n) is 19.0. The Labute approximate surface area is 195 Å². The molecule has 0 radical (unpaired) electrons. The number of carbonyl (C=O) groups is 1. The monoisotopic (exact) mass is 464 g/mol. The van der Waals surface area contributed by atoms with Crippen molar-refractivity contribution in [2.75, 3.05) is 12.4 Å². The first kappa shape index (κ1) is 23.0. The number of hydrogen-bond acceptors (Lipinski definition) is 4. The maximum absolute atomic E-state index is 13.6. The van der Waals surface area contributed by atoms with Gasteiger partial charge >= 0.3 is 0 Å². The van der Waals surface area contributed by atoms with Gasteiger partial charge in [-0.25, -0.2) is 8.42 Å². The van der Waals surface area contributed by atoms with Gasteiger partial charge in [0.1, 0.15) is 11.8 Å². The largest absolute Gasteiger partial charge is 0.497 e. The fourth-order valence-corrected chi connectivity index (χ4v) is 5.60. The number of anilines is 1. The molecule has 172 valence electrons. The molecule has 3 aromatic carbocycles. The Hall–Kier alpha value is -3.16. The van der Waals surface area contributed by atoms with Crippen LogP contribution in [0.1, 0.15) is 36.5 Å². The Balaban J connectivity index is 1.66. The number of hydrogen-bond donors (Lipinski definition) is 1. The zero-order chi connectivity index (χ0) is 23.6. The fraction of sp³-hybridized carbons (Fsp3) is 0.269. The van der Waals surface area contributed by atoms with Gasteiger partial charge in [-0.3, -0.25) is 4.79 Å². The normalized spacial score (nSPS) is 16.3. The minimum atomic E-state index is -3.92. The van der Waals surface area contributed by atoms with E-state index in [1.165, 1.54) is 29.1 Å². The van der Waals surface area contributed by atoms with Crippen LogP contribution in [-0.4, -0.2) is 31.8 Å². The highest BCUT2D eigenvalue weighted by Crippen LogP contribution is 2.30. The number of methoxy groups -OCH3 is 1. The molecule has 0 unspecified atom stereocenters. The molecule has 0 spiro atoms. The average molecular weight is 465 g/mol. The lowest BCUT2D eigenvalue weighted by Gasteiger charge is -2.35. The number of carbonyl (C=O) groups excluding carboxylic acids is 1. The second-order valence-electron chi connectivity index (χ2n) is 8.48. The molecule has 0 fully saturated rings. The lowest BCUT2D eigenvalue weighted by molar-refractivity contribution is -0.120. The molecule has 3 aromatic rings. The molecule has 7 heteroatoms. The summed E-state index contributed by atoms with van der Waals surface area (Å²) in [6, 6.07) is 20.7. The van der Waals surface area contributed by atoms with Crippen LogP contribution >= 0.6 is 0 Å². The fourth-order valence-electron chi connectivity index (χ4n) is 4.04. The number of amides is 1. The molecule has 33 heavy (non-hydrogen) atoms. The minimum Gasteiger partial charge on any atom is -0.497 e. The summed E-state index contributed by atoms with van der Waals surface area (Å²) in [5.41, 5.74) is 3.70. The molecule has 6 nitrogen and oxygen atoms in total. The predicted octanol–water partition coefficient (Wildman–Crippen LogP) is 4.57. The highest BCUT2D eigenvalue weighted by Gasteiger charge is 2.39. The quantitative estimate of drug-likeness (QED) is 0.580. The molecule has 1 aliphatic heterocycles. The average Bonchev–Trinajstić information content (AvgIpc) is 2.83. The lowest BCUT2D eigenvalue weighted by Crippen LogP contribution is -2.50. The van der Waals surface area contributed by atoms with Gasteiger partial charge in [0, 0.05) is 12.2 Å². The van der Waals surface area contributed by atoms with Crippen LogP contribution in [0.25, 0.3) is 0 Å². The van der Waals surface area contributed by atoms with Crippen molar-refractivity contribution in [1.82, 2.24) is 4.31 Å². The number of rotatable bonds is 6. The van der Waals surface area contributed by atoms with E-state index < -0.39 is 16.1 Å². The van der Waals surface area contributed by atoms with Crippen molar-refractivity contribution in [1.29, 1.82) is 0 Å².